The van der Waals surface area contributed by atoms with Crippen molar-refractivity contribution in [2.45, 2.75) is 0 Å². The predicted molar refractivity (Wildman–Crippen MR) is 104 cm³/mol. The van der Waals surface area contributed by atoms with Crippen LogP contribution in [0.5, 0.6) is 11.5 Å². The minimum absolute atomic E-state index is 0.768. The average Bonchev–Trinajstić information content (AvgIpc) is 3.38. The molecule has 4 nitrogen and oxygen atoms in total. The van der Waals surface area contributed by atoms with Gasteiger partial charge in [-0.25, -0.2) is 4.98 Å². The second kappa shape index (κ2) is 7.06. The molecule has 5 heteroatoms. The van der Waals surface area contributed by atoms with Crippen LogP contribution in [-0.2, 0) is 0 Å². The van der Waals surface area contributed by atoms with Crippen LogP contribution in [0.2, 0.25) is 0 Å². The van der Waals surface area contributed by atoms with E-state index in [4.69, 9.17) is 18.9 Å². The van der Waals surface area contributed by atoms with Crippen LogP contribution < -0.4 is 9.47 Å². The van der Waals surface area contributed by atoms with Crippen molar-refractivity contribution < 1.29 is 13.9 Å². The van der Waals surface area contributed by atoms with E-state index in [0.717, 1.165) is 44.0 Å². The quantitative estimate of drug-likeness (QED) is 0.452. The van der Waals surface area contributed by atoms with E-state index >= 15 is 0 Å². The lowest BCUT2D eigenvalue weighted by Crippen LogP contribution is -1.86. The first kappa shape index (κ1) is 16.4. The molecule has 0 radical (unpaired) electrons. The van der Waals surface area contributed by atoms with Gasteiger partial charge in [0, 0.05) is 5.56 Å². The van der Waals surface area contributed by atoms with Crippen LogP contribution in [0.4, 0.5) is 0 Å². The molecule has 0 amide bonds. The molecule has 0 saturated carbocycles. The highest BCUT2D eigenvalue weighted by Crippen LogP contribution is 2.41. The van der Waals surface area contributed by atoms with Gasteiger partial charge in [0.25, 0.3) is 0 Å². The fourth-order valence-electron chi connectivity index (χ4n) is 2.71. The van der Waals surface area contributed by atoms with Gasteiger partial charge in [0.15, 0.2) is 10.8 Å². The monoisotopic (exact) mass is 363 g/mol. The van der Waals surface area contributed by atoms with E-state index in [0.29, 0.717) is 0 Å². The fourth-order valence-corrected chi connectivity index (χ4v) is 3.77. The van der Waals surface area contributed by atoms with Gasteiger partial charge in [0.1, 0.15) is 11.5 Å². The van der Waals surface area contributed by atoms with Gasteiger partial charge in [-0.05, 0) is 66.2 Å². The summed E-state index contributed by atoms with van der Waals surface area (Å²) in [7, 11) is 3.33. The van der Waals surface area contributed by atoms with Crippen LogP contribution in [0, 0.1) is 0 Å². The summed E-state index contributed by atoms with van der Waals surface area (Å²) in [5, 5.41) is 0.853. The van der Waals surface area contributed by atoms with Gasteiger partial charge in [-0.1, -0.05) is 0 Å². The number of benzene rings is 2. The Hall–Kier alpha value is -3.05. The van der Waals surface area contributed by atoms with Crippen molar-refractivity contribution in [1.82, 2.24) is 4.98 Å². The normalized spacial score (nSPS) is 10.7. The van der Waals surface area contributed by atoms with Crippen molar-refractivity contribution in [2.75, 3.05) is 14.2 Å². The topological polar surface area (TPSA) is 44.5 Å². The van der Waals surface area contributed by atoms with E-state index in [1.807, 2.05) is 60.7 Å². The standard InChI is InChI=1S/C21H17NO3S/c1-23-16-9-5-14(6-10-16)19-20(15-7-11-17(24-2)12-8-15)26-21(22-19)18-4-3-13-25-18/h3-13H,1-2H3. The van der Waals surface area contributed by atoms with Crippen LogP contribution in [0.15, 0.2) is 71.3 Å². The van der Waals surface area contributed by atoms with Crippen LogP contribution in [0.1, 0.15) is 0 Å². The zero-order valence-electron chi connectivity index (χ0n) is 14.4. The van der Waals surface area contributed by atoms with Gasteiger partial charge in [0.2, 0.25) is 0 Å². The van der Waals surface area contributed by atoms with E-state index < -0.39 is 0 Å². The molecule has 4 aromatic rings. The molecule has 26 heavy (non-hydrogen) atoms. The number of nitrogens with zero attached hydrogens (tertiary/aromatic N) is 1. The third-order valence-corrected chi connectivity index (χ3v) is 5.19. The maximum atomic E-state index is 5.54. The second-order valence-electron chi connectivity index (χ2n) is 5.63. The van der Waals surface area contributed by atoms with Gasteiger partial charge in [-0.2, -0.15) is 0 Å². The summed E-state index contributed by atoms with van der Waals surface area (Å²) in [6, 6.07) is 19.7. The van der Waals surface area contributed by atoms with Crippen molar-refractivity contribution in [3.05, 3.63) is 66.9 Å². The Morgan fingerprint density at radius 1 is 0.808 bits per heavy atom. The third-order valence-electron chi connectivity index (χ3n) is 4.07. The minimum Gasteiger partial charge on any atom is -0.497 e. The lowest BCUT2D eigenvalue weighted by Gasteiger charge is -2.05. The first-order valence-electron chi connectivity index (χ1n) is 8.12. The SMILES string of the molecule is COc1ccc(-c2nc(-c3ccco3)sc2-c2ccc(OC)cc2)cc1. The zero-order chi connectivity index (χ0) is 17.9. The lowest BCUT2D eigenvalue weighted by atomic mass is 10.1. The Kier molecular flexibility index (Phi) is 4.46. The summed E-state index contributed by atoms with van der Waals surface area (Å²) in [5.41, 5.74) is 3.05. The highest BCUT2D eigenvalue weighted by molar-refractivity contribution is 7.18. The van der Waals surface area contributed by atoms with Crippen molar-refractivity contribution in [3.63, 3.8) is 0 Å². The van der Waals surface area contributed by atoms with Gasteiger partial charge in [-0.15, -0.1) is 11.3 Å². The van der Waals surface area contributed by atoms with Crippen LogP contribution >= 0.6 is 11.3 Å². The maximum Gasteiger partial charge on any atom is 0.162 e. The summed E-state index contributed by atoms with van der Waals surface area (Å²) in [5.74, 6) is 2.42. The summed E-state index contributed by atoms with van der Waals surface area (Å²) < 4.78 is 16.1. The molecule has 2 aromatic heterocycles. The van der Waals surface area contributed by atoms with Gasteiger partial charge in [-0.3, -0.25) is 0 Å². The molecule has 4 rings (SSSR count). The van der Waals surface area contributed by atoms with Gasteiger partial charge >= 0.3 is 0 Å². The molecule has 0 atom stereocenters. The first-order valence-corrected chi connectivity index (χ1v) is 8.93. The number of methoxy groups -OCH3 is 2. The van der Waals surface area contributed by atoms with Crippen LogP contribution in [0.25, 0.3) is 32.5 Å². The number of rotatable bonds is 5. The molecule has 130 valence electrons. The largest absolute Gasteiger partial charge is 0.497 e. The molecular formula is C21H17NO3S. The number of aromatic nitrogens is 1. The first-order chi connectivity index (χ1) is 12.8. The molecule has 0 aliphatic heterocycles. The molecule has 0 N–H and O–H groups in total. The molecule has 0 spiro atoms. The van der Waals surface area contributed by atoms with E-state index in [1.54, 1.807) is 31.8 Å². The van der Waals surface area contributed by atoms with Crippen molar-refractivity contribution >= 4 is 11.3 Å². The predicted octanol–water partition coefficient (Wildman–Crippen LogP) is 5.75. The Labute approximate surface area is 155 Å². The Bertz CT molecular complexity index is 922. The minimum atomic E-state index is 0.768. The highest BCUT2D eigenvalue weighted by Gasteiger charge is 2.17. The van der Waals surface area contributed by atoms with Crippen molar-refractivity contribution in [1.29, 1.82) is 0 Å². The molecule has 0 unspecified atom stereocenters. The Morgan fingerprint density at radius 3 is 1.96 bits per heavy atom. The second-order valence-corrected chi connectivity index (χ2v) is 6.63. The average molecular weight is 363 g/mol. The third kappa shape index (κ3) is 3.09. The molecule has 2 heterocycles. The van der Waals surface area contributed by atoms with Gasteiger partial charge in [0.05, 0.1) is 31.1 Å². The van der Waals surface area contributed by atoms with E-state index in [2.05, 4.69) is 0 Å². The van der Waals surface area contributed by atoms with Crippen molar-refractivity contribution in [2.24, 2.45) is 0 Å². The smallest absolute Gasteiger partial charge is 0.162 e. The number of hydrogen-bond donors (Lipinski definition) is 0. The van der Waals surface area contributed by atoms with Crippen molar-refractivity contribution in [3.8, 4) is 44.0 Å². The Balaban J connectivity index is 1.84. The number of hydrogen-bond acceptors (Lipinski definition) is 5. The highest BCUT2D eigenvalue weighted by atomic mass is 32.1. The van der Waals surface area contributed by atoms with E-state index in [9.17, 15) is 0 Å². The summed E-state index contributed by atoms with van der Waals surface area (Å²) in [6.07, 6.45) is 1.66. The molecule has 0 aliphatic rings. The molecular weight excluding hydrogens is 346 g/mol. The molecule has 0 aliphatic carbocycles. The number of furan rings is 1. The van der Waals surface area contributed by atoms with Crippen LogP contribution in [-0.4, -0.2) is 19.2 Å². The van der Waals surface area contributed by atoms with Gasteiger partial charge < -0.3 is 13.9 Å². The molecule has 0 fully saturated rings. The van der Waals surface area contributed by atoms with E-state index in [1.165, 1.54) is 0 Å². The molecule has 2 aromatic carbocycles. The maximum absolute atomic E-state index is 5.54. The fraction of sp³-hybridized carbons (Fsp3) is 0.0952. The number of ether oxygens (including phenoxy) is 2. The summed E-state index contributed by atoms with van der Waals surface area (Å²) in [4.78, 5) is 5.94. The zero-order valence-corrected chi connectivity index (χ0v) is 15.2. The lowest BCUT2D eigenvalue weighted by molar-refractivity contribution is 0.414. The summed E-state index contributed by atoms with van der Waals surface area (Å²) in [6.45, 7) is 0. The molecule has 0 saturated heterocycles. The summed E-state index contributed by atoms with van der Waals surface area (Å²) >= 11 is 1.61. The molecule has 0 bridgehead atoms. The Morgan fingerprint density at radius 2 is 1.42 bits per heavy atom. The number of thiazole rings is 1. The van der Waals surface area contributed by atoms with E-state index in [-0.39, 0.29) is 0 Å². The van der Waals surface area contributed by atoms with Crippen LogP contribution in [0.3, 0.4) is 0 Å².